The molecule has 0 bridgehead atoms. The second-order valence-electron chi connectivity index (χ2n) is 1.99. The number of nitrogen functional groups attached to an aromatic ring is 1. The number of aromatic hydroxyl groups is 1. The molecular formula is C4H6N4O4. The molecule has 66 valence electrons. The standard InChI is InChI=1S/C4H6N4O4/c5-3-1(9)2(10)4(6)8(12)7(3)11/h5,10-12H,6H2. The molecule has 0 aromatic carbocycles. The third-order valence-electron chi connectivity index (χ3n) is 1.27. The number of rotatable bonds is 0. The number of hydrogen-bond acceptors (Lipinski definition) is 6. The Morgan fingerprint density at radius 3 is 2.33 bits per heavy atom. The Hall–Kier alpha value is -2.12. The van der Waals surface area contributed by atoms with Crippen molar-refractivity contribution in [2.75, 3.05) is 5.73 Å². The third-order valence-corrected chi connectivity index (χ3v) is 1.27. The average molecular weight is 174 g/mol. The summed E-state index contributed by atoms with van der Waals surface area (Å²) in [5, 5.41) is 33.2. The highest BCUT2D eigenvalue weighted by Gasteiger charge is 2.12. The molecule has 1 rings (SSSR count). The Kier molecular flexibility index (Phi) is 1.45. The van der Waals surface area contributed by atoms with Gasteiger partial charge in [-0.15, -0.1) is 0 Å². The van der Waals surface area contributed by atoms with Crippen LogP contribution in [0.4, 0.5) is 5.82 Å². The number of nitrogens with zero attached hydrogens (tertiary/aromatic N) is 2. The SMILES string of the molecule is N=c1c(=O)c(O)c(N)n(O)n1O. The van der Waals surface area contributed by atoms with E-state index in [1.807, 2.05) is 0 Å². The smallest absolute Gasteiger partial charge is 0.271 e. The van der Waals surface area contributed by atoms with E-state index in [1.54, 1.807) is 0 Å². The summed E-state index contributed by atoms with van der Waals surface area (Å²) < 4.78 is 0. The third kappa shape index (κ3) is 0.779. The highest BCUT2D eigenvalue weighted by atomic mass is 16.6. The zero-order chi connectivity index (χ0) is 9.46. The minimum Gasteiger partial charge on any atom is -0.501 e. The van der Waals surface area contributed by atoms with Gasteiger partial charge >= 0.3 is 0 Å². The summed E-state index contributed by atoms with van der Waals surface area (Å²) in [6, 6.07) is 0. The Morgan fingerprint density at radius 1 is 1.33 bits per heavy atom. The molecule has 0 amide bonds. The van der Waals surface area contributed by atoms with Gasteiger partial charge in [-0.1, -0.05) is 9.69 Å². The minimum absolute atomic E-state index is 0.126. The molecule has 1 aromatic rings. The van der Waals surface area contributed by atoms with Gasteiger partial charge in [0.1, 0.15) is 0 Å². The van der Waals surface area contributed by atoms with E-state index in [9.17, 15) is 4.79 Å². The summed E-state index contributed by atoms with van der Waals surface area (Å²) in [5.41, 5.74) is 2.79. The van der Waals surface area contributed by atoms with Crippen LogP contribution >= 0.6 is 0 Å². The first-order valence-corrected chi connectivity index (χ1v) is 2.76. The van der Waals surface area contributed by atoms with Gasteiger partial charge in [-0.05, 0) is 0 Å². The first-order valence-electron chi connectivity index (χ1n) is 2.76. The zero-order valence-corrected chi connectivity index (χ0v) is 5.72. The molecule has 0 spiro atoms. The lowest BCUT2D eigenvalue weighted by atomic mass is 10.4. The summed E-state index contributed by atoms with van der Waals surface area (Å²) in [7, 11) is 0. The first kappa shape index (κ1) is 7.98. The lowest BCUT2D eigenvalue weighted by Gasteiger charge is -2.06. The second kappa shape index (κ2) is 2.19. The molecule has 0 aliphatic carbocycles. The Labute approximate surface area is 64.7 Å². The van der Waals surface area contributed by atoms with Gasteiger partial charge < -0.3 is 21.3 Å². The van der Waals surface area contributed by atoms with Gasteiger partial charge in [0.2, 0.25) is 17.1 Å². The highest BCUT2D eigenvalue weighted by molar-refractivity contribution is 5.42. The van der Waals surface area contributed by atoms with Gasteiger partial charge in [0.15, 0.2) is 0 Å². The van der Waals surface area contributed by atoms with Gasteiger partial charge in [0, 0.05) is 0 Å². The van der Waals surface area contributed by atoms with Crippen LogP contribution in [0.5, 0.6) is 5.75 Å². The van der Waals surface area contributed by atoms with Crippen molar-refractivity contribution >= 4 is 5.82 Å². The van der Waals surface area contributed by atoms with Crippen molar-refractivity contribution in [3.8, 4) is 5.75 Å². The van der Waals surface area contributed by atoms with E-state index in [-0.39, 0.29) is 9.69 Å². The molecule has 0 aliphatic heterocycles. The molecule has 6 N–H and O–H groups in total. The largest absolute Gasteiger partial charge is 0.501 e. The molecule has 8 heteroatoms. The van der Waals surface area contributed by atoms with Crippen LogP contribution in [-0.2, 0) is 0 Å². The zero-order valence-electron chi connectivity index (χ0n) is 5.72. The topological polar surface area (TPSA) is 137 Å². The van der Waals surface area contributed by atoms with Gasteiger partial charge in [0.25, 0.3) is 5.43 Å². The quantitative estimate of drug-likeness (QED) is 0.286. The number of hydrogen-bond donors (Lipinski definition) is 5. The maximum atomic E-state index is 10.7. The molecule has 1 heterocycles. The number of aromatic nitrogens is 2. The Bertz CT molecular complexity index is 389. The minimum atomic E-state index is -1.17. The summed E-state index contributed by atoms with van der Waals surface area (Å²) >= 11 is 0. The first-order chi connectivity index (χ1) is 5.46. The van der Waals surface area contributed by atoms with Gasteiger partial charge in [-0.25, -0.2) is 0 Å². The van der Waals surface area contributed by atoms with Crippen LogP contribution in [0.2, 0.25) is 0 Å². The van der Waals surface area contributed by atoms with Crippen LogP contribution in [0.25, 0.3) is 0 Å². The lowest BCUT2D eigenvalue weighted by molar-refractivity contribution is -0.0228. The molecule has 0 saturated heterocycles. The van der Waals surface area contributed by atoms with Crippen molar-refractivity contribution < 1.29 is 15.5 Å². The van der Waals surface area contributed by atoms with Gasteiger partial charge in [-0.2, -0.15) is 0 Å². The van der Waals surface area contributed by atoms with Crippen molar-refractivity contribution in [1.29, 1.82) is 5.41 Å². The van der Waals surface area contributed by atoms with Crippen LogP contribution < -0.4 is 16.7 Å². The van der Waals surface area contributed by atoms with E-state index in [2.05, 4.69) is 0 Å². The molecule has 12 heavy (non-hydrogen) atoms. The number of nitrogens with two attached hydrogens (primary N) is 1. The van der Waals surface area contributed by atoms with Crippen molar-refractivity contribution in [3.05, 3.63) is 15.7 Å². The summed E-state index contributed by atoms with van der Waals surface area (Å²) in [4.78, 5) is 10.4. The van der Waals surface area contributed by atoms with Gasteiger partial charge in [-0.3, -0.25) is 10.2 Å². The van der Waals surface area contributed by atoms with Crippen LogP contribution in [-0.4, -0.2) is 25.2 Å². The number of anilines is 1. The fraction of sp³-hybridized carbons (Fsp3) is 0. The van der Waals surface area contributed by atoms with E-state index >= 15 is 0 Å². The van der Waals surface area contributed by atoms with E-state index in [1.165, 1.54) is 0 Å². The molecule has 0 radical (unpaired) electrons. The van der Waals surface area contributed by atoms with E-state index < -0.39 is 22.5 Å². The van der Waals surface area contributed by atoms with E-state index in [4.69, 9.17) is 26.7 Å². The molecule has 8 nitrogen and oxygen atoms in total. The monoisotopic (exact) mass is 174 g/mol. The molecule has 0 aliphatic rings. The van der Waals surface area contributed by atoms with Gasteiger partial charge in [0.05, 0.1) is 0 Å². The van der Waals surface area contributed by atoms with Crippen molar-refractivity contribution in [2.24, 2.45) is 0 Å². The summed E-state index contributed by atoms with van der Waals surface area (Å²) in [6.07, 6.45) is 0. The fourth-order valence-corrected chi connectivity index (χ4v) is 0.611. The summed E-state index contributed by atoms with van der Waals surface area (Å²) in [6.45, 7) is 0. The molecule has 0 atom stereocenters. The molecular weight excluding hydrogens is 168 g/mol. The maximum Gasteiger partial charge on any atom is 0.271 e. The Balaban J connectivity index is 3.86. The maximum absolute atomic E-state index is 10.7. The van der Waals surface area contributed by atoms with Crippen molar-refractivity contribution in [2.45, 2.75) is 0 Å². The van der Waals surface area contributed by atoms with Crippen molar-refractivity contribution in [3.63, 3.8) is 0 Å². The average Bonchev–Trinajstić information content (AvgIpc) is 2.08. The number of nitrogens with one attached hydrogen (secondary N) is 1. The molecule has 1 aromatic heterocycles. The van der Waals surface area contributed by atoms with Crippen LogP contribution in [0.3, 0.4) is 0 Å². The predicted molar refractivity (Wildman–Crippen MR) is 35.0 cm³/mol. The lowest BCUT2D eigenvalue weighted by Crippen LogP contribution is -2.39. The van der Waals surface area contributed by atoms with Crippen LogP contribution in [0.15, 0.2) is 4.79 Å². The normalized spacial score (nSPS) is 10.0. The summed E-state index contributed by atoms with van der Waals surface area (Å²) in [5.74, 6) is -1.72. The van der Waals surface area contributed by atoms with Crippen LogP contribution in [0.1, 0.15) is 0 Å². The van der Waals surface area contributed by atoms with Crippen LogP contribution in [0, 0.1) is 5.41 Å². The second-order valence-corrected chi connectivity index (χ2v) is 1.99. The Morgan fingerprint density at radius 2 is 1.83 bits per heavy atom. The van der Waals surface area contributed by atoms with E-state index in [0.717, 1.165) is 0 Å². The van der Waals surface area contributed by atoms with E-state index in [0.29, 0.717) is 0 Å². The van der Waals surface area contributed by atoms with Crippen molar-refractivity contribution in [1.82, 2.24) is 9.69 Å². The molecule has 0 saturated carbocycles. The highest BCUT2D eigenvalue weighted by Crippen LogP contribution is 2.07. The predicted octanol–water partition coefficient (Wildman–Crippen LogP) is -2.11. The molecule has 0 unspecified atom stereocenters. The molecule has 0 fully saturated rings. The fourth-order valence-electron chi connectivity index (χ4n) is 0.611.